The van der Waals surface area contributed by atoms with E-state index in [2.05, 4.69) is 5.32 Å². The van der Waals surface area contributed by atoms with Gasteiger partial charge in [-0.15, -0.1) is 0 Å². The maximum absolute atomic E-state index is 13.0. The Labute approximate surface area is 119 Å². The Morgan fingerprint density at radius 3 is 2.95 bits per heavy atom. The van der Waals surface area contributed by atoms with Crippen LogP contribution in [0.2, 0.25) is 0 Å². The van der Waals surface area contributed by atoms with Crippen LogP contribution in [0, 0.1) is 17.1 Å². The number of carbonyl (C=O) groups is 2. The second-order valence-electron chi connectivity index (χ2n) is 4.35. The van der Waals surface area contributed by atoms with E-state index in [9.17, 15) is 14.0 Å². The Bertz CT molecular complexity index is 614. The molecule has 21 heavy (non-hydrogen) atoms. The first-order chi connectivity index (χ1) is 10.0. The van der Waals surface area contributed by atoms with Crippen LogP contribution in [0.25, 0.3) is 0 Å². The van der Waals surface area contributed by atoms with E-state index >= 15 is 0 Å². The molecule has 2 N–H and O–H groups in total. The highest BCUT2D eigenvalue weighted by Gasteiger charge is 2.33. The van der Waals surface area contributed by atoms with E-state index in [1.165, 1.54) is 6.07 Å². The predicted octanol–water partition coefficient (Wildman–Crippen LogP) is 1.01. The van der Waals surface area contributed by atoms with Gasteiger partial charge in [0.25, 0.3) is 0 Å². The molecule has 1 aromatic rings. The van der Waals surface area contributed by atoms with Crippen molar-refractivity contribution >= 4 is 17.7 Å². The maximum Gasteiger partial charge on any atom is 0.328 e. The molecule has 1 unspecified atom stereocenters. The van der Waals surface area contributed by atoms with Gasteiger partial charge < -0.3 is 20.1 Å². The number of aliphatic carboxylic acids is 1. The number of amides is 2. The zero-order valence-electron chi connectivity index (χ0n) is 10.9. The predicted molar refractivity (Wildman–Crippen MR) is 69.1 cm³/mol. The summed E-state index contributed by atoms with van der Waals surface area (Å²) < 4.78 is 18.1. The molecule has 7 nitrogen and oxygen atoms in total. The smallest absolute Gasteiger partial charge is 0.328 e. The number of nitrogens with zero attached hydrogens (tertiary/aromatic N) is 2. The Kier molecular flexibility index (Phi) is 4.35. The number of ether oxygens (including phenoxy) is 1. The highest BCUT2D eigenvalue weighted by atomic mass is 19.1. The third-order valence-electron chi connectivity index (χ3n) is 3.02. The molecule has 1 fully saturated rings. The number of rotatable bonds is 2. The van der Waals surface area contributed by atoms with Crippen LogP contribution < -0.4 is 5.32 Å². The van der Waals surface area contributed by atoms with Gasteiger partial charge in [-0.25, -0.2) is 14.0 Å². The molecule has 0 saturated carbocycles. The summed E-state index contributed by atoms with van der Waals surface area (Å²) >= 11 is 0. The summed E-state index contributed by atoms with van der Waals surface area (Å²) in [6.07, 6.45) is 0. The number of hydrogen-bond acceptors (Lipinski definition) is 4. The van der Waals surface area contributed by atoms with Crippen LogP contribution in [0.4, 0.5) is 14.9 Å². The molecule has 0 aliphatic carbocycles. The lowest BCUT2D eigenvalue weighted by Gasteiger charge is -2.32. The summed E-state index contributed by atoms with van der Waals surface area (Å²) in [4.78, 5) is 24.3. The third-order valence-corrected chi connectivity index (χ3v) is 3.02. The van der Waals surface area contributed by atoms with Crippen molar-refractivity contribution in [2.75, 3.05) is 25.1 Å². The molecule has 1 saturated heterocycles. The maximum atomic E-state index is 13.0. The van der Waals surface area contributed by atoms with Gasteiger partial charge >= 0.3 is 12.0 Å². The van der Waals surface area contributed by atoms with Gasteiger partial charge in [0, 0.05) is 6.54 Å². The number of carboxylic acid groups (broad SMARTS) is 1. The molecule has 0 radical (unpaired) electrons. The molecule has 1 aliphatic heterocycles. The molecule has 1 aromatic carbocycles. The van der Waals surface area contributed by atoms with Gasteiger partial charge in [-0.1, -0.05) is 0 Å². The van der Waals surface area contributed by atoms with E-state index in [0.29, 0.717) is 0 Å². The largest absolute Gasteiger partial charge is 0.480 e. The Hall–Kier alpha value is -2.66. The zero-order valence-corrected chi connectivity index (χ0v) is 10.9. The van der Waals surface area contributed by atoms with Gasteiger partial charge in [-0.3, -0.25) is 0 Å². The standard InChI is InChI=1S/C13H12FN3O4/c14-9-1-2-10(8(5-9)6-15)16-13(20)17-3-4-21-7-11(17)12(18)19/h1-2,5,11H,3-4,7H2,(H,16,20)(H,18,19). The molecular formula is C13H12FN3O4. The van der Waals surface area contributed by atoms with Gasteiger partial charge in [-0.05, 0) is 18.2 Å². The fourth-order valence-electron chi connectivity index (χ4n) is 1.96. The second-order valence-corrected chi connectivity index (χ2v) is 4.35. The van der Waals surface area contributed by atoms with Crippen LogP contribution in [0.3, 0.4) is 0 Å². The first-order valence-corrected chi connectivity index (χ1v) is 6.10. The molecule has 2 rings (SSSR count). The van der Waals surface area contributed by atoms with E-state index < -0.39 is 23.9 Å². The van der Waals surface area contributed by atoms with E-state index in [0.717, 1.165) is 17.0 Å². The number of urea groups is 1. The van der Waals surface area contributed by atoms with Crippen LogP contribution >= 0.6 is 0 Å². The molecule has 0 aromatic heterocycles. The Morgan fingerprint density at radius 2 is 2.29 bits per heavy atom. The van der Waals surface area contributed by atoms with Crippen molar-refractivity contribution in [1.82, 2.24) is 4.90 Å². The van der Waals surface area contributed by atoms with E-state index in [-0.39, 0.29) is 31.0 Å². The van der Waals surface area contributed by atoms with Crippen molar-refractivity contribution in [1.29, 1.82) is 5.26 Å². The van der Waals surface area contributed by atoms with Gasteiger partial charge in [0.2, 0.25) is 0 Å². The quantitative estimate of drug-likeness (QED) is 0.847. The minimum Gasteiger partial charge on any atom is -0.480 e. The number of nitriles is 1. The summed E-state index contributed by atoms with van der Waals surface area (Å²) in [5, 5.41) is 20.4. The highest BCUT2D eigenvalue weighted by molar-refractivity contribution is 5.93. The average Bonchev–Trinajstić information content (AvgIpc) is 2.48. The summed E-state index contributed by atoms with van der Waals surface area (Å²) in [5.74, 6) is -1.77. The number of carbonyl (C=O) groups excluding carboxylic acids is 1. The SMILES string of the molecule is N#Cc1cc(F)ccc1NC(=O)N1CCOCC1C(=O)O. The van der Waals surface area contributed by atoms with Crippen LogP contribution in [-0.4, -0.2) is 47.8 Å². The average molecular weight is 293 g/mol. The number of benzene rings is 1. The minimum absolute atomic E-state index is 0.0384. The summed E-state index contributed by atoms with van der Waals surface area (Å²) in [6, 6.07) is 3.34. The zero-order chi connectivity index (χ0) is 15.4. The van der Waals surface area contributed by atoms with Crippen molar-refractivity contribution in [2.45, 2.75) is 6.04 Å². The molecule has 2 amide bonds. The fraction of sp³-hybridized carbons (Fsp3) is 0.308. The van der Waals surface area contributed by atoms with Crippen LogP contribution in [0.5, 0.6) is 0 Å². The van der Waals surface area contributed by atoms with Gasteiger partial charge in [-0.2, -0.15) is 5.26 Å². The van der Waals surface area contributed by atoms with Crippen molar-refractivity contribution in [3.8, 4) is 6.07 Å². The van der Waals surface area contributed by atoms with Crippen LogP contribution in [0.1, 0.15) is 5.56 Å². The highest BCUT2D eigenvalue weighted by Crippen LogP contribution is 2.18. The first kappa shape index (κ1) is 14.7. The molecule has 0 bridgehead atoms. The number of halogens is 1. The normalized spacial score (nSPS) is 17.9. The molecular weight excluding hydrogens is 281 g/mol. The molecule has 1 aliphatic rings. The van der Waals surface area contributed by atoms with Crippen LogP contribution in [-0.2, 0) is 9.53 Å². The minimum atomic E-state index is -1.18. The first-order valence-electron chi connectivity index (χ1n) is 6.10. The number of nitrogens with one attached hydrogen (secondary N) is 1. The lowest BCUT2D eigenvalue weighted by Crippen LogP contribution is -2.54. The number of morpholine rings is 1. The molecule has 1 atom stereocenters. The summed E-state index contributed by atoms with van der Waals surface area (Å²) in [5.41, 5.74) is 0.0861. The van der Waals surface area contributed by atoms with Gasteiger partial charge in [0.05, 0.1) is 24.5 Å². The van der Waals surface area contributed by atoms with E-state index in [1.54, 1.807) is 6.07 Å². The Balaban J connectivity index is 2.17. The summed E-state index contributed by atoms with van der Waals surface area (Å²) in [7, 11) is 0. The Morgan fingerprint density at radius 1 is 1.52 bits per heavy atom. The monoisotopic (exact) mass is 293 g/mol. The molecule has 8 heteroatoms. The lowest BCUT2D eigenvalue weighted by molar-refractivity contribution is -0.147. The second kappa shape index (κ2) is 6.19. The van der Waals surface area contributed by atoms with Crippen molar-refractivity contribution in [2.24, 2.45) is 0 Å². The number of hydrogen-bond donors (Lipinski definition) is 2. The molecule has 110 valence electrons. The van der Waals surface area contributed by atoms with Gasteiger partial charge in [0.15, 0.2) is 6.04 Å². The lowest BCUT2D eigenvalue weighted by atomic mass is 10.2. The van der Waals surface area contributed by atoms with Crippen molar-refractivity contribution in [3.05, 3.63) is 29.6 Å². The number of anilines is 1. The van der Waals surface area contributed by atoms with Crippen molar-refractivity contribution in [3.63, 3.8) is 0 Å². The number of carboxylic acids is 1. The van der Waals surface area contributed by atoms with Crippen molar-refractivity contribution < 1.29 is 23.8 Å². The molecule has 1 heterocycles. The van der Waals surface area contributed by atoms with Gasteiger partial charge in [0.1, 0.15) is 11.9 Å². The topological polar surface area (TPSA) is 103 Å². The van der Waals surface area contributed by atoms with Crippen LogP contribution in [0.15, 0.2) is 18.2 Å². The summed E-state index contributed by atoms with van der Waals surface area (Å²) in [6.45, 7) is 0.245. The fourth-order valence-corrected chi connectivity index (χ4v) is 1.96. The molecule has 0 spiro atoms. The van der Waals surface area contributed by atoms with E-state index in [4.69, 9.17) is 15.1 Å². The third kappa shape index (κ3) is 3.27. The van der Waals surface area contributed by atoms with E-state index in [1.807, 2.05) is 0 Å².